The monoisotopic (exact) mass is 340 g/mol. The van der Waals surface area contributed by atoms with Crippen molar-refractivity contribution in [2.24, 2.45) is 5.92 Å². The van der Waals surface area contributed by atoms with E-state index >= 15 is 0 Å². The number of amides is 3. The molecule has 2 atom stereocenters. The molecule has 2 heterocycles. The Kier molecular flexibility index (Phi) is 3.78. The number of urea groups is 1. The molecule has 2 aliphatic rings. The number of aromatic nitrogens is 2. The van der Waals surface area contributed by atoms with E-state index in [1.807, 2.05) is 37.3 Å². The molecule has 2 fully saturated rings. The van der Waals surface area contributed by atoms with Gasteiger partial charge in [0.05, 0.1) is 0 Å². The van der Waals surface area contributed by atoms with Gasteiger partial charge in [0.25, 0.3) is 5.91 Å². The van der Waals surface area contributed by atoms with Gasteiger partial charge >= 0.3 is 6.03 Å². The molecule has 1 aromatic heterocycles. The van der Waals surface area contributed by atoms with Gasteiger partial charge in [0.1, 0.15) is 12.1 Å². The Labute approximate surface area is 145 Å². The summed E-state index contributed by atoms with van der Waals surface area (Å²) in [5, 5.41) is 10.9. The molecule has 25 heavy (non-hydrogen) atoms. The van der Waals surface area contributed by atoms with Crippen LogP contribution < -0.4 is 5.32 Å². The second-order valence-electron chi connectivity index (χ2n) is 6.81. The standard InChI is InChI=1S/C18H20N4O3/c1-12-7-5-6-10-18(12)16(23)22(17(24)19-18)11-14-20-21-15(25-14)13-8-3-2-4-9-13/h2-4,8-9,12H,5-7,10-11H2,1H3,(H,19,24)/t12-,18-/m1/s1. The summed E-state index contributed by atoms with van der Waals surface area (Å²) in [6.45, 7) is 2.03. The van der Waals surface area contributed by atoms with Gasteiger partial charge in [-0.2, -0.15) is 0 Å². The second kappa shape index (κ2) is 5.98. The zero-order valence-electron chi connectivity index (χ0n) is 14.1. The fourth-order valence-electron chi connectivity index (χ4n) is 3.79. The number of hydrogen-bond acceptors (Lipinski definition) is 5. The molecule has 1 saturated heterocycles. The topological polar surface area (TPSA) is 88.3 Å². The highest BCUT2D eigenvalue weighted by Gasteiger charge is 2.55. The van der Waals surface area contributed by atoms with Crippen molar-refractivity contribution in [2.75, 3.05) is 0 Å². The molecule has 1 N–H and O–H groups in total. The van der Waals surface area contributed by atoms with Crippen LogP contribution in [0.3, 0.4) is 0 Å². The molecule has 2 aromatic rings. The summed E-state index contributed by atoms with van der Waals surface area (Å²) in [6.07, 6.45) is 3.67. The molecule has 3 amide bonds. The largest absolute Gasteiger partial charge is 0.419 e. The quantitative estimate of drug-likeness (QED) is 0.868. The van der Waals surface area contributed by atoms with Gasteiger partial charge in [0.15, 0.2) is 0 Å². The predicted molar refractivity (Wildman–Crippen MR) is 89.2 cm³/mol. The molecule has 1 saturated carbocycles. The van der Waals surface area contributed by atoms with Crippen molar-refractivity contribution in [3.05, 3.63) is 36.2 Å². The van der Waals surface area contributed by atoms with Crippen LogP contribution in [-0.2, 0) is 11.3 Å². The van der Waals surface area contributed by atoms with Crippen LogP contribution in [0.4, 0.5) is 4.79 Å². The van der Waals surface area contributed by atoms with Gasteiger partial charge < -0.3 is 9.73 Å². The van der Waals surface area contributed by atoms with E-state index in [4.69, 9.17) is 4.42 Å². The first-order valence-electron chi connectivity index (χ1n) is 8.62. The molecular formula is C18H20N4O3. The zero-order chi connectivity index (χ0) is 17.4. The Morgan fingerprint density at radius 3 is 2.80 bits per heavy atom. The molecule has 7 nitrogen and oxygen atoms in total. The van der Waals surface area contributed by atoms with E-state index in [0.717, 1.165) is 24.8 Å². The minimum Gasteiger partial charge on any atom is -0.419 e. The van der Waals surface area contributed by atoms with Crippen molar-refractivity contribution >= 4 is 11.9 Å². The lowest BCUT2D eigenvalue weighted by molar-refractivity contribution is -0.134. The molecule has 130 valence electrons. The second-order valence-corrected chi connectivity index (χ2v) is 6.81. The van der Waals surface area contributed by atoms with Gasteiger partial charge in [-0.15, -0.1) is 10.2 Å². The maximum absolute atomic E-state index is 12.9. The molecule has 1 aromatic carbocycles. The summed E-state index contributed by atoms with van der Waals surface area (Å²) in [4.78, 5) is 26.5. The molecule has 0 radical (unpaired) electrons. The summed E-state index contributed by atoms with van der Waals surface area (Å²) < 4.78 is 5.63. The average Bonchev–Trinajstić information content (AvgIpc) is 3.18. The Balaban J connectivity index is 1.54. The first-order valence-corrected chi connectivity index (χ1v) is 8.62. The Morgan fingerprint density at radius 2 is 2.04 bits per heavy atom. The number of rotatable bonds is 3. The van der Waals surface area contributed by atoms with Crippen LogP contribution in [0.5, 0.6) is 0 Å². The van der Waals surface area contributed by atoms with Gasteiger partial charge in [0.2, 0.25) is 11.8 Å². The maximum atomic E-state index is 12.9. The third-order valence-electron chi connectivity index (χ3n) is 5.28. The first-order chi connectivity index (χ1) is 12.1. The summed E-state index contributed by atoms with van der Waals surface area (Å²) in [6, 6.07) is 9.01. The molecule has 4 rings (SSSR count). The number of imide groups is 1. The van der Waals surface area contributed by atoms with Crippen molar-refractivity contribution < 1.29 is 14.0 Å². The van der Waals surface area contributed by atoms with E-state index in [0.29, 0.717) is 12.3 Å². The average molecular weight is 340 g/mol. The molecular weight excluding hydrogens is 320 g/mol. The molecule has 7 heteroatoms. The normalized spacial score (nSPS) is 26.3. The molecule has 0 unspecified atom stereocenters. The first kappa shape index (κ1) is 15.8. The fourth-order valence-corrected chi connectivity index (χ4v) is 3.79. The van der Waals surface area contributed by atoms with Crippen LogP contribution in [0.2, 0.25) is 0 Å². The van der Waals surface area contributed by atoms with Crippen molar-refractivity contribution in [1.82, 2.24) is 20.4 Å². The van der Waals surface area contributed by atoms with Crippen LogP contribution in [-0.4, -0.2) is 32.6 Å². The van der Waals surface area contributed by atoms with E-state index in [1.165, 1.54) is 4.90 Å². The fraction of sp³-hybridized carbons (Fsp3) is 0.444. The molecule has 0 bridgehead atoms. The number of carbonyl (C=O) groups is 2. The van der Waals surface area contributed by atoms with E-state index in [1.54, 1.807) is 0 Å². The van der Waals surface area contributed by atoms with Gasteiger partial charge in [0, 0.05) is 5.56 Å². The lowest BCUT2D eigenvalue weighted by atomic mass is 9.73. The highest BCUT2D eigenvalue weighted by atomic mass is 16.4. The number of nitrogens with one attached hydrogen (secondary N) is 1. The van der Waals surface area contributed by atoms with E-state index in [9.17, 15) is 9.59 Å². The van der Waals surface area contributed by atoms with Gasteiger partial charge in [-0.05, 0) is 30.9 Å². The summed E-state index contributed by atoms with van der Waals surface area (Å²) >= 11 is 0. The SMILES string of the molecule is C[C@@H]1CCCC[C@@]12NC(=O)N(Cc1nnc(-c3ccccc3)o1)C2=O. The van der Waals surface area contributed by atoms with Crippen LogP contribution in [0, 0.1) is 5.92 Å². The van der Waals surface area contributed by atoms with E-state index < -0.39 is 5.54 Å². The van der Waals surface area contributed by atoms with Crippen molar-refractivity contribution in [2.45, 2.75) is 44.7 Å². The number of carbonyl (C=O) groups excluding carboxylic acids is 2. The van der Waals surface area contributed by atoms with Crippen molar-refractivity contribution in [3.8, 4) is 11.5 Å². The van der Waals surface area contributed by atoms with Gasteiger partial charge in [-0.3, -0.25) is 9.69 Å². The smallest absolute Gasteiger partial charge is 0.325 e. The third-order valence-corrected chi connectivity index (χ3v) is 5.28. The van der Waals surface area contributed by atoms with Crippen LogP contribution in [0.1, 0.15) is 38.5 Å². The maximum Gasteiger partial charge on any atom is 0.325 e. The number of benzene rings is 1. The summed E-state index contributed by atoms with van der Waals surface area (Å²) in [7, 11) is 0. The van der Waals surface area contributed by atoms with Crippen LogP contribution in [0.15, 0.2) is 34.7 Å². The van der Waals surface area contributed by atoms with Gasteiger partial charge in [-0.1, -0.05) is 38.0 Å². The van der Waals surface area contributed by atoms with Crippen LogP contribution >= 0.6 is 0 Å². The molecule has 1 aliphatic carbocycles. The minimum atomic E-state index is -0.766. The highest BCUT2D eigenvalue weighted by Crippen LogP contribution is 2.38. The number of nitrogens with zero attached hydrogens (tertiary/aromatic N) is 3. The Morgan fingerprint density at radius 1 is 1.24 bits per heavy atom. The summed E-state index contributed by atoms with van der Waals surface area (Å²) in [5.41, 5.74) is 0.0354. The van der Waals surface area contributed by atoms with Crippen molar-refractivity contribution in [1.29, 1.82) is 0 Å². The molecule has 1 aliphatic heterocycles. The van der Waals surface area contributed by atoms with Gasteiger partial charge in [-0.25, -0.2) is 4.79 Å². The minimum absolute atomic E-state index is 0.00102. The lowest BCUT2D eigenvalue weighted by Gasteiger charge is -2.36. The van der Waals surface area contributed by atoms with E-state index in [-0.39, 0.29) is 30.3 Å². The predicted octanol–water partition coefficient (Wildman–Crippen LogP) is 2.74. The van der Waals surface area contributed by atoms with E-state index in [2.05, 4.69) is 15.5 Å². The molecule has 1 spiro atoms. The summed E-state index contributed by atoms with van der Waals surface area (Å²) in [5.74, 6) is 0.584. The number of hydrogen-bond donors (Lipinski definition) is 1. The Hall–Kier alpha value is -2.70. The zero-order valence-corrected chi connectivity index (χ0v) is 14.1. The Bertz CT molecular complexity index is 804. The van der Waals surface area contributed by atoms with Crippen molar-refractivity contribution in [3.63, 3.8) is 0 Å². The highest BCUT2D eigenvalue weighted by molar-refractivity contribution is 6.07. The lowest BCUT2D eigenvalue weighted by Crippen LogP contribution is -2.53. The third kappa shape index (κ3) is 2.59. The van der Waals surface area contributed by atoms with Crippen LogP contribution in [0.25, 0.3) is 11.5 Å².